The van der Waals surface area contributed by atoms with Crippen molar-refractivity contribution in [1.29, 1.82) is 0 Å². The SMILES string of the molecule is Nc1nc2ccc(OC(=O)[C@H]3CC[C@@H](n4cnc5c(N)nc(Cl)nc54)CC3)cc2s1. The van der Waals surface area contributed by atoms with Gasteiger partial charge in [0.05, 0.1) is 22.5 Å². The summed E-state index contributed by atoms with van der Waals surface area (Å²) in [5, 5.41) is 0.589. The minimum Gasteiger partial charge on any atom is -0.426 e. The molecule has 1 aliphatic carbocycles. The molecule has 1 aliphatic rings. The van der Waals surface area contributed by atoms with Crippen molar-refractivity contribution in [2.75, 3.05) is 11.5 Å². The number of carbonyl (C=O) groups is 1. The molecule has 0 unspecified atom stereocenters. The lowest BCUT2D eigenvalue weighted by atomic mass is 9.86. The summed E-state index contributed by atoms with van der Waals surface area (Å²) >= 11 is 7.33. The molecular weight excluding hydrogens is 426 g/mol. The number of imidazole rings is 1. The van der Waals surface area contributed by atoms with Crippen molar-refractivity contribution in [3.05, 3.63) is 29.8 Å². The van der Waals surface area contributed by atoms with Crippen molar-refractivity contribution in [1.82, 2.24) is 24.5 Å². The van der Waals surface area contributed by atoms with Crippen LogP contribution in [0.25, 0.3) is 21.4 Å². The third-order valence-electron chi connectivity index (χ3n) is 5.44. The summed E-state index contributed by atoms with van der Waals surface area (Å²) in [7, 11) is 0. The summed E-state index contributed by atoms with van der Waals surface area (Å²) in [6.07, 6.45) is 4.75. The highest BCUT2D eigenvalue weighted by Gasteiger charge is 2.30. The summed E-state index contributed by atoms with van der Waals surface area (Å²) in [5.74, 6) is 0.415. The Hall–Kier alpha value is -2.98. The predicted octanol–water partition coefficient (Wildman–Crippen LogP) is 3.59. The number of hydrogen-bond acceptors (Lipinski definition) is 9. The molecule has 1 saturated carbocycles. The Morgan fingerprint density at radius 1 is 1.17 bits per heavy atom. The zero-order chi connectivity index (χ0) is 20.8. The molecule has 0 bridgehead atoms. The van der Waals surface area contributed by atoms with Gasteiger partial charge in [-0.2, -0.15) is 9.97 Å². The molecular formula is C19H18ClN7O2S. The first kappa shape index (κ1) is 19.0. The number of esters is 1. The first-order valence-corrected chi connectivity index (χ1v) is 10.7. The summed E-state index contributed by atoms with van der Waals surface area (Å²) in [4.78, 5) is 29.4. The van der Waals surface area contributed by atoms with Crippen molar-refractivity contribution in [2.45, 2.75) is 31.7 Å². The minimum absolute atomic E-state index is 0.0960. The topological polar surface area (TPSA) is 135 Å². The van der Waals surface area contributed by atoms with Crippen LogP contribution in [-0.4, -0.2) is 30.5 Å². The maximum atomic E-state index is 12.7. The van der Waals surface area contributed by atoms with Crippen molar-refractivity contribution >= 4 is 61.2 Å². The number of hydrogen-bond donors (Lipinski definition) is 2. The molecule has 0 aliphatic heterocycles. The molecule has 3 aromatic heterocycles. The first-order chi connectivity index (χ1) is 14.5. The van der Waals surface area contributed by atoms with E-state index in [2.05, 4.69) is 19.9 Å². The number of nitrogens with two attached hydrogens (primary N) is 2. The van der Waals surface area contributed by atoms with Crippen LogP contribution < -0.4 is 16.2 Å². The lowest BCUT2D eigenvalue weighted by molar-refractivity contribution is -0.140. The molecule has 0 spiro atoms. The first-order valence-electron chi connectivity index (χ1n) is 9.51. The number of fused-ring (bicyclic) bond motifs is 2. The van der Waals surface area contributed by atoms with Crippen LogP contribution in [0.2, 0.25) is 5.28 Å². The van der Waals surface area contributed by atoms with E-state index in [0.717, 1.165) is 23.1 Å². The van der Waals surface area contributed by atoms with Gasteiger partial charge >= 0.3 is 5.97 Å². The summed E-state index contributed by atoms with van der Waals surface area (Å²) in [5.41, 5.74) is 13.6. The molecule has 3 heterocycles. The second kappa shape index (κ2) is 7.37. The molecule has 0 atom stereocenters. The van der Waals surface area contributed by atoms with Gasteiger partial charge in [-0.15, -0.1) is 0 Å². The van der Waals surface area contributed by atoms with E-state index in [0.29, 0.717) is 34.9 Å². The van der Waals surface area contributed by atoms with E-state index < -0.39 is 0 Å². The number of nitrogens with zero attached hydrogens (tertiary/aromatic N) is 5. The quantitative estimate of drug-likeness (QED) is 0.278. The molecule has 154 valence electrons. The van der Waals surface area contributed by atoms with Crippen molar-refractivity contribution < 1.29 is 9.53 Å². The molecule has 11 heteroatoms. The molecule has 0 amide bonds. The zero-order valence-electron chi connectivity index (χ0n) is 15.8. The number of rotatable bonds is 3. The summed E-state index contributed by atoms with van der Waals surface area (Å²) in [6.45, 7) is 0. The molecule has 1 fully saturated rings. The average Bonchev–Trinajstić information content (AvgIpc) is 3.30. The number of thiazole rings is 1. The molecule has 30 heavy (non-hydrogen) atoms. The van der Waals surface area contributed by atoms with Crippen LogP contribution in [0.5, 0.6) is 5.75 Å². The van der Waals surface area contributed by atoms with Crippen LogP contribution in [0, 0.1) is 5.92 Å². The Balaban J connectivity index is 1.27. The van der Waals surface area contributed by atoms with E-state index in [-0.39, 0.29) is 29.0 Å². The van der Waals surface area contributed by atoms with Gasteiger partial charge in [-0.3, -0.25) is 4.79 Å². The predicted molar refractivity (Wildman–Crippen MR) is 115 cm³/mol. The standard InChI is InChI=1S/C19H18ClN7O2S/c20-18-25-15(21)14-16(26-18)27(8-23-14)10-3-1-9(2-4-10)17(28)29-11-5-6-12-13(7-11)30-19(22)24-12/h5-10H,1-4H2,(H2,22,24)(H2,21,25,26)/t9-,10+. The van der Waals surface area contributed by atoms with Crippen LogP contribution in [0.1, 0.15) is 31.7 Å². The Kier molecular flexibility index (Phi) is 4.67. The lowest BCUT2D eigenvalue weighted by Gasteiger charge is -2.28. The number of benzene rings is 1. The highest BCUT2D eigenvalue weighted by molar-refractivity contribution is 7.22. The van der Waals surface area contributed by atoms with Crippen LogP contribution in [-0.2, 0) is 4.79 Å². The fourth-order valence-corrected chi connectivity index (χ4v) is 4.89. The number of halogens is 1. The third kappa shape index (κ3) is 3.41. The maximum absolute atomic E-state index is 12.7. The highest BCUT2D eigenvalue weighted by atomic mass is 35.5. The second-order valence-electron chi connectivity index (χ2n) is 7.31. The van der Waals surface area contributed by atoms with Gasteiger partial charge in [-0.05, 0) is 49.4 Å². The smallest absolute Gasteiger partial charge is 0.314 e. The van der Waals surface area contributed by atoms with Gasteiger partial charge in [0.15, 0.2) is 16.6 Å². The minimum atomic E-state index is -0.213. The van der Waals surface area contributed by atoms with Crippen molar-refractivity contribution in [3.8, 4) is 5.75 Å². The number of nitrogen functional groups attached to an aromatic ring is 2. The monoisotopic (exact) mass is 443 g/mol. The molecule has 4 N–H and O–H groups in total. The van der Waals surface area contributed by atoms with Gasteiger partial charge in [0, 0.05) is 12.1 Å². The Bertz CT molecular complexity index is 1260. The summed E-state index contributed by atoms with van der Waals surface area (Å²) in [6, 6.07) is 5.53. The van der Waals surface area contributed by atoms with E-state index in [1.54, 1.807) is 18.5 Å². The summed E-state index contributed by atoms with van der Waals surface area (Å²) < 4.78 is 8.50. The molecule has 9 nitrogen and oxygen atoms in total. The van der Waals surface area contributed by atoms with Gasteiger partial charge in [0.2, 0.25) is 5.28 Å². The van der Waals surface area contributed by atoms with Crippen LogP contribution >= 0.6 is 22.9 Å². The van der Waals surface area contributed by atoms with E-state index in [1.165, 1.54) is 11.3 Å². The van der Waals surface area contributed by atoms with E-state index in [1.807, 2.05) is 10.6 Å². The van der Waals surface area contributed by atoms with Gasteiger partial charge in [-0.1, -0.05) is 11.3 Å². The Morgan fingerprint density at radius 3 is 2.77 bits per heavy atom. The van der Waals surface area contributed by atoms with Gasteiger partial charge in [-0.25, -0.2) is 9.97 Å². The molecule has 0 radical (unpaired) electrons. The Morgan fingerprint density at radius 2 is 1.97 bits per heavy atom. The van der Waals surface area contributed by atoms with E-state index in [4.69, 9.17) is 27.8 Å². The number of aromatic nitrogens is 5. The lowest BCUT2D eigenvalue weighted by Crippen LogP contribution is -2.26. The van der Waals surface area contributed by atoms with Crippen molar-refractivity contribution in [3.63, 3.8) is 0 Å². The largest absolute Gasteiger partial charge is 0.426 e. The maximum Gasteiger partial charge on any atom is 0.314 e. The van der Waals surface area contributed by atoms with Gasteiger partial charge < -0.3 is 20.8 Å². The normalized spacial score (nSPS) is 19.4. The number of carbonyl (C=O) groups excluding carboxylic acids is 1. The second-order valence-corrected chi connectivity index (χ2v) is 8.71. The zero-order valence-corrected chi connectivity index (χ0v) is 17.4. The molecule has 5 rings (SSSR count). The third-order valence-corrected chi connectivity index (χ3v) is 6.46. The average molecular weight is 444 g/mol. The van der Waals surface area contributed by atoms with Crippen LogP contribution in [0.3, 0.4) is 0 Å². The fraction of sp³-hybridized carbons (Fsp3) is 0.316. The molecule has 4 aromatic rings. The Labute approximate surface area is 180 Å². The van der Waals surface area contributed by atoms with Crippen LogP contribution in [0.15, 0.2) is 24.5 Å². The van der Waals surface area contributed by atoms with Gasteiger partial charge in [0.25, 0.3) is 0 Å². The molecule has 1 aromatic carbocycles. The van der Waals surface area contributed by atoms with E-state index in [9.17, 15) is 4.79 Å². The number of ether oxygens (including phenoxy) is 1. The van der Waals surface area contributed by atoms with Crippen LogP contribution in [0.4, 0.5) is 10.9 Å². The van der Waals surface area contributed by atoms with Gasteiger partial charge in [0.1, 0.15) is 11.3 Å². The van der Waals surface area contributed by atoms with Crippen molar-refractivity contribution in [2.24, 2.45) is 5.92 Å². The molecule has 0 saturated heterocycles. The fourth-order valence-electron chi connectivity index (χ4n) is 3.95. The van der Waals surface area contributed by atoms with E-state index >= 15 is 0 Å². The highest BCUT2D eigenvalue weighted by Crippen LogP contribution is 2.35. The number of anilines is 2.